The average Bonchev–Trinajstić information content (AvgIpc) is 3.03. The molecule has 2 aromatic carbocycles. The normalized spacial score (nSPS) is 17.3. The highest BCUT2D eigenvalue weighted by Crippen LogP contribution is 2.33. The number of carbonyl (C=O) groups excluding carboxylic acids is 1. The van der Waals surface area contributed by atoms with Crippen molar-refractivity contribution < 1.29 is 22.7 Å². The number of rotatable bonds is 5. The van der Waals surface area contributed by atoms with Crippen molar-refractivity contribution in [1.82, 2.24) is 9.21 Å². The van der Waals surface area contributed by atoms with Gasteiger partial charge in [0.25, 0.3) is 0 Å². The molecular weight excluding hydrogens is 460 g/mol. The van der Waals surface area contributed by atoms with E-state index in [0.29, 0.717) is 42.8 Å². The van der Waals surface area contributed by atoms with Crippen LogP contribution in [0.1, 0.15) is 6.42 Å². The van der Waals surface area contributed by atoms with Crippen molar-refractivity contribution in [2.24, 2.45) is 0 Å². The average molecular weight is 483 g/mol. The number of ether oxygens (including phenoxy) is 2. The SMILES string of the molecule is O=C(CSc1ccccc1Cl)N1CCN(S(=O)(=O)c2ccc3c(c2)OCCCO3)CC1. The molecule has 2 aliphatic rings. The van der Waals surface area contributed by atoms with Gasteiger partial charge in [-0.3, -0.25) is 4.79 Å². The topological polar surface area (TPSA) is 76.2 Å². The molecule has 0 bridgehead atoms. The van der Waals surface area contributed by atoms with Gasteiger partial charge in [0.15, 0.2) is 11.5 Å². The molecule has 10 heteroatoms. The first-order valence-corrected chi connectivity index (χ1v) is 12.8. The number of benzene rings is 2. The summed E-state index contributed by atoms with van der Waals surface area (Å²) in [7, 11) is -3.68. The molecule has 7 nitrogen and oxygen atoms in total. The molecule has 2 aliphatic heterocycles. The van der Waals surface area contributed by atoms with E-state index in [1.54, 1.807) is 23.1 Å². The standard InChI is InChI=1S/C21H23ClN2O5S2/c22-17-4-1-2-5-20(17)30-15-21(25)23-8-10-24(11-9-23)31(26,27)16-6-7-18-19(14-16)29-13-3-12-28-18/h1-2,4-7,14H,3,8-13,15H2. The minimum absolute atomic E-state index is 0.0300. The van der Waals surface area contributed by atoms with Gasteiger partial charge in [-0.15, -0.1) is 11.8 Å². The first-order chi connectivity index (χ1) is 14.9. The minimum Gasteiger partial charge on any atom is -0.490 e. The summed E-state index contributed by atoms with van der Waals surface area (Å²) < 4.78 is 38.8. The molecule has 4 rings (SSSR count). The molecular formula is C21H23ClN2O5S2. The van der Waals surface area contributed by atoms with Crippen molar-refractivity contribution >= 4 is 39.3 Å². The number of nitrogens with zero attached hydrogens (tertiary/aromatic N) is 2. The second-order valence-electron chi connectivity index (χ2n) is 7.16. The Kier molecular flexibility index (Phi) is 6.95. The predicted molar refractivity (Wildman–Crippen MR) is 120 cm³/mol. The van der Waals surface area contributed by atoms with Crippen molar-refractivity contribution in [3.05, 3.63) is 47.5 Å². The lowest BCUT2D eigenvalue weighted by Gasteiger charge is -2.34. The van der Waals surface area contributed by atoms with E-state index < -0.39 is 10.0 Å². The predicted octanol–water partition coefficient (Wildman–Crippen LogP) is 3.13. The number of halogens is 1. The quantitative estimate of drug-likeness (QED) is 0.609. The second-order valence-corrected chi connectivity index (χ2v) is 10.5. The molecule has 1 fully saturated rings. The van der Waals surface area contributed by atoms with Crippen LogP contribution in [0.25, 0.3) is 0 Å². The van der Waals surface area contributed by atoms with E-state index in [9.17, 15) is 13.2 Å². The van der Waals surface area contributed by atoms with Crippen molar-refractivity contribution in [3.8, 4) is 11.5 Å². The third-order valence-electron chi connectivity index (χ3n) is 5.14. The first kappa shape index (κ1) is 22.3. The molecule has 0 N–H and O–H groups in total. The van der Waals surface area contributed by atoms with Crippen LogP contribution in [-0.4, -0.2) is 68.7 Å². The maximum absolute atomic E-state index is 13.1. The van der Waals surface area contributed by atoms with Crippen molar-refractivity contribution in [2.45, 2.75) is 16.2 Å². The molecule has 166 valence electrons. The number of amides is 1. The summed E-state index contributed by atoms with van der Waals surface area (Å²) in [6.45, 7) is 2.24. The summed E-state index contributed by atoms with van der Waals surface area (Å²) in [5.74, 6) is 1.24. The largest absolute Gasteiger partial charge is 0.490 e. The summed E-state index contributed by atoms with van der Waals surface area (Å²) in [5, 5.41) is 0.617. The minimum atomic E-state index is -3.68. The van der Waals surface area contributed by atoms with Gasteiger partial charge in [-0.25, -0.2) is 8.42 Å². The number of sulfonamides is 1. The summed E-state index contributed by atoms with van der Waals surface area (Å²) in [4.78, 5) is 15.3. The Bertz CT molecular complexity index is 1060. The smallest absolute Gasteiger partial charge is 0.243 e. The van der Waals surface area contributed by atoms with Crippen LogP contribution in [-0.2, 0) is 14.8 Å². The van der Waals surface area contributed by atoms with Gasteiger partial charge in [-0.05, 0) is 24.3 Å². The van der Waals surface area contributed by atoms with Crippen LogP contribution in [0.3, 0.4) is 0 Å². The Morgan fingerprint density at radius 1 is 1.00 bits per heavy atom. The van der Waals surface area contributed by atoms with E-state index in [2.05, 4.69) is 0 Å². The maximum Gasteiger partial charge on any atom is 0.243 e. The Labute approximate surface area is 191 Å². The lowest BCUT2D eigenvalue weighted by atomic mass is 10.3. The fourth-order valence-corrected chi connectivity index (χ4v) is 6.00. The summed E-state index contributed by atoms with van der Waals surface area (Å²) >= 11 is 7.52. The number of carbonyl (C=O) groups is 1. The van der Waals surface area contributed by atoms with Crippen molar-refractivity contribution in [2.75, 3.05) is 45.1 Å². The zero-order valence-electron chi connectivity index (χ0n) is 16.8. The number of thioether (sulfide) groups is 1. The zero-order valence-corrected chi connectivity index (χ0v) is 19.2. The van der Waals surface area contributed by atoms with E-state index in [0.717, 1.165) is 11.3 Å². The molecule has 0 aromatic heterocycles. The highest BCUT2D eigenvalue weighted by atomic mass is 35.5. The van der Waals surface area contributed by atoms with Crippen molar-refractivity contribution in [1.29, 1.82) is 0 Å². The molecule has 0 atom stereocenters. The highest BCUT2D eigenvalue weighted by Gasteiger charge is 2.31. The molecule has 1 saturated heterocycles. The molecule has 0 aliphatic carbocycles. The Morgan fingerprint density at radius 3 is 2.45 bits per heavy atom. The van der Waals surface area contributed by atoms with Gasteiger partial charge in [0.1, 0.15) is 0 Å². The van der Waals surface area contributed by atoms with Crippen LogP contribution < -0.4 is 9.47 Å². The molecule has 2 heterocycles. The third kappa shape index (κ3) is 5.11. The maximum atomic E-state index is 13.1. The van der Waals surface area contributed by atoms with E-state index >= 15 is 0 Å². The first-order valence-electron chi connectivity index (χ1n) is 10.00. The molecule has 0 saturated carbocycles. The van der Waals surface area contributed by atoms with Crippen molar-refractivity contribution in [3.63, 3.8) is 0 Å². The Balaban J connectivity index is 1.36. The summed E-state index contributed by atoms with van der Waals surface area (Å²) in [6, 6.07) is 12.1. The van der Waals surface area contributed by atoms with Crippen LogP contribution in [0.2, 0.25) is 5.02 Å². The Hall–Kier alpha value is -1.94. The van der Waals surface area contributed by atoms with Gasteiger partial charge >= 0.3 is 0 Å². The van der Waals surface area contributed by atoms with Gasteiger partial charge < -0.3 is 14.4 Å². The molecule has 1 amide bonds. The third-order valence-corrected chi connectivity index (χ3v) is 8.53. The molecule has 2 aromatic rings. The van der Waals surface area contributed by atoms with Crippen LogP contribution >= 0.6 is 23.4 Å². The number of hydrogen-bond acceptors (Lipinski definition) is 6. The molecule has 0 spiro atoms. The summed E-state index contributed by atoms with van der Waals surface area (Å²) in [6.07, 6.45) is 0.752. The fourth-order valence-electron chi connectivity index (χ4n) is 3.42. The number of fused-ring (bicyclic) bond motifs is 1. The fraction of sp³-hybridized carbons (Fsp3) is 0.381. The number of hydrogen-bond donors (Lipinski definition) is 0. The van der Waals surface area contributed by atoms with Crippen LogP contribution in [0.5, 0.6) is 11.5 Å². The van der Waals surface area contributed by atoms with E-state index in [-0.39, 0.29) is 29.6 Å². The number of piperazine rings is 1. The molecule has 31 heavy (non-hydrogen) atoms. The zero-order chi connectivity index (χ0) is 21.8. The van der Waals surface area contributed by atoms with Crippen LogP contribution in [0, 0.1) is 0 Å². The Morgan fingerprint density at radius 2 is 1.71 bits per heavy atom. The highest BCUT2D eigenvalue weighted by molar-refractivity contribution is 8.00. The van der Waals surface area contributed by atoms with Gasteiger partial charge in [-0.1, -0.05) is 23.7 Å². The molecule has 0 radical (unpaired) electrons. The van der Waals surface area contributed by atoms with E-state index in [1.807, 2.05) is 18.2 Å². The summed E-state index contributed by atoms with van der Waals surface area (Å²) in [5.41, 5.74) is 0. The van der Waals surface area contributed by atoms with E-state index in [1.165, 1.54) is 22.1 Å². The lowest BCUT2D eigenvalue weighted by Crippen LogP contribution is -2.50. The van der Waals surface area contributed by atoms with Crippen LogP contribution in [0.15, 0.2) is 52.3 Å². The van der Waals surface area contributed by atoms with Gasteiger partial charge in [-0.2, -0.15) is 4.31 Å². The second kappa shape index (κ2) is 9.68. The monoisotopic (exact) mass is 482 g/mol. The molecule has 0 unspecified atom stereocenters. The van der Waals surface area contributed by atoms with E-state index in [4.69, 9.17) is 21.1 Å². The lowest BCUT2D eigenvalue weighted by molar-refractivity contribution is -0.129. The van der Waals surface area contributed by atoms with Gasteiger partial charge in [0, 0.05) is 43.6 Å². The van der Waals surface area contributed by atoms with Gasteiger partial charge in [0.2, 0.25) is 15.9 Å². The van der Waals surface area contributed by atoms with Gasteiger partial charge in [0.05, 0.1) is 28.9 Å². The van der Waals surface area contributed by atoms with Crippen LogP contribution in [0.4, 0.5) is 0 Å².